The highest BCUT2D eigenvalue weighted by Crippen LogP contribution is 2.40. The predicted octanol–water partition coefficient (Wildman–Crippen LogP) is 0.366. The van der Waals surface area contributed by atoms with Gasteiger partial charge in [-0.1, -0.05) is 0 Å². The van der Waals surface area contributed by atoms with E-state index in [4.69, 9.17) is 10.5 Å². The lowest BCUT2D eigenvalue weighted by Crippen LogP contribution is -2.35. The molecule has 0 aromatic carbocycles. The Morgan fingerprint density at radius 2 is 2.30 bits per heavy atom. The number of anilines is 1. The van der Waals surface area contributed by atoms with E-state index in [1.165, 1.54) is 17.2 Å². The van der Waals surface area contributed by atoms with Gasteiger partial charge in [-0.15, -0.1) is 0 Å². The number of aromatic nitrogens is 4. The lowest BCUT2D eigenvalue weighted by Gasteiger charge is -2.23. The van der Waals surface area contributed by atoms with Crippen molar-refractivity contribution in [3.63, 3.8) is 0 Å². The summed E-state index contributed by atoms with van der Waals surface area (Å²) in [5.74, 6) is 0.168. The fourth-order valence-electron chi connectivity index (χ4n) is 2.35. The highest BCUT2D eigenvalue weighted by molar-refractivity contribution is 5.81. The van der Waals surface area contributed by atoms with E-state index in [0.717, 1.165) is 0 Å². The Kier molecular flexibility index (Phi) is 3.02. The molecule has 0 unspecified atom stereocenters. The average Bonchev–Trinajstić information content (AvgIpc) is 3.01. The van der Waals surface area contributed by atoms with Crippen molar-refractivity contribution < 1.29 is 18.6 Å². The number of nitrogens with two attached hydrogens (primary N) is 1. The number of nitrogens with zero attached hydrogens (tertiary/aromatic N) is 4. The van der Waals surface area contributed by atoms with Gasteiger partial charge in [0.2, 0.25) is 0 Å². The van der Waals surface area contributed by atoms with Crippen LogP contribution in [-0.2, 0) is 4.74 Å². The number of fused-ring (bicyclic) bond motifs is 1. The van der Waals surface area contributed by atoms with Gasteiger partial charge in [0.1, 0.15) is 30.3 Å². The van der Waals surface area contributed by atoms with Crippen LogP contribution in [0.5, 0.6) is 0 Å². The van der Waals surface area contributed by atoms with E-state index in [1.54, 1.807) is 0 Å². The zero-order valence-electron chi connectivity index (χ0n) is 10.4. The van der Waals surface area contributed by atoms with Crippen LogP contribution in [0.15, 0.2) is 12.7 Å². The minimum absolute atomic E-state index is 0.168. The molecule has 3 rings (SSSR count). The molecule has 0 saturated carbocycles. The van der Waals surface area contributed by atoms with E-state index in [1.807, 2.05) is 0 Å². The van der Waals surface area contributed by atoms with Crippen molar-refractivity contribution in [1.82, 2.24) is 19.5 Å². The second-order valence-electron chi connectivity index (χ2n) is 4.79. The average molecular weight is 285 g/mol. The van der Waals surface area contributed by atoms with E-state index < -0.39 is 31.3 Å². The van der Waals surface area contributed by atoms with Gasteiger partial charge in [-0.2, -0.15) is 0 Å². The number of imidazole rings is 1. The molecule has 2 aromatic rings. The molecule has 3 N–H and O–H groups in total. The molecule has 0 spiro atoms. The largest absolute Gasteiger partial charge is 0.393 e. The van der Waals surface area contributed by atoms with Crippen LogP contribution in [0.25, 0.3) is 11.2 Å². The molecule has 1 saturated heterocycles. The number of hydrogen-bond acceptors (Lipinski definition) is 6. The Morgan fingerprint density at radius 3 is 2.95 bits per heavy atom. The van der Waals surface area contributed by atoms with Crippen LogP contribution in [0.1, 0.15) is 12.6 Å². The van der Waals surface area contributed by atoms with Gasteiger partial charge < -0.3 is 15.6 Å². The molecule has 0 bridgehead atoms. The molecule has 108 valence electrons. The number of halogens is 2. The second-order valence-corrected chi connectivity index (χ2v) is 4.79. The first kappa shape index (κ1) is 13.1. The van der Waals surface area contributed by atoms with Crippen molar-refractivity contribution in [2.75, 3.05) is 19.0 Å². The van der Waals surface area contributed by atoms with Crippen LogP contribution in [0.4, 0.5) is 14.6 Å². The summed E-state index contributed by atoms with van der Waals surface area (Å²) in [5, 5.41) is 9.20. The van der Waals surface area contributed by atoms with Crippen LogP contribution in [-0.4, -0.2) is 49.7 Å². The maximum Gasteiger partial charge on any atom is 0.168 e. The Labute approximate surface area is 112 Å². The quantitative estimate of drug-likeness (QED) is 0.845. The molecule has 1 aliphatic heterocycles. The van der Waals surface area contributed by atoms with Crippen LogP contribution in [0.2, 0.25) is 0 Å². The fraction of sp³-hybridized carbons (Fsp3) is 0.545. The Hall–Kier alpha value is -1.87. The topological polar surface area (TPSA) is 99.1 Å². The number of alkyl halides is 2. The molecule has 7 nitrogen and oxygen atoms in total. The van der Waals surface area contributed by atoms with E-state index in [9.17, 15) is 13.9 Å². The molecular formula is C11H13F2N5O2. The van der Waals surface area contributed by atoms with Gasteiger partial charge in [-0.3, -0.25) is 4.57 Å². The third kappa shape index (κ3) is 1.81. The Balaban J connectivity index is 2.02. The summed E-state index contributed by atoms with van der Waals surface area (Å²) < 4.78 is 33.8. The third-order valence-corrected chi connectivity index (χ3v) is 3.44. The molecule has 3 heterocycles. The summed E-state index contributed by atoms with van der Waals surface area (Å²) in [7, 11) is 0. The number of hydrogen-bond donors (Lipinski definition) is 2. The smallest absolute Gasteiger partial charge is 0.168 e. The van der Waals surface area contributed by atoms with Crippen molar-refractivity contribution >= 4 is 17.0 Å². The molecule has 3 atom stereocenters. The molecule has 0 amide bonds. The normalized spacial score (nSPS) is 30.1. The first-order chi connectivity index (χ1) is 9.60. The van der Waals surface area contributed by atoms with Gasteiger partial charge in [-0.25, -0.2) is 23.7 Å². The van der Waals surface area contributed by atoms with Crippen LogP contribution < -0.4 is 5.73 Å². The summed E-state index contributed by atoms with van der Waals surface area (Å²) in [6.07, 6.45) is -0.264. The molecule has 0 aliphatic carbocycles. The van der Waals surface area contributed by atoms with Crippen LogP contribution in [0, 0.1) is 0 Å². The molecular weight excluding hydrogens is 272 g/mol. The van der Waals surface area contributed by atoms with Gasteiger partial charge >= 0.3 is 0 Å². The molecule has 1 fully saturated rings. The summed E-state index contributed by atoms with van der Waals surface area (Å²) >= 11 is 0. The minimum Gasteiger partial charge on any atom is -0.393 e. The van der Waals surface area contributed by atoms with E-state index in [2.05, 4.69) is 15.0 Å². The van der Waals surface area contributed by atoms with Gasteiger partial charge in [0.05, 0.1) is 12.9 Å². The molecule has 1 aliphatic rings. The number of aliphatic hydroxyl groups is 1. The van der Waals surface area contributed by atoms with Crippen LogP contribution in [0.3, 0.4) is 0 Å². The third-order valence-electron chi connectivity index (χ3n) is 3.44. The Morgan fingerprint density at radius 1 is 1.50 bits per heavy atom. The first-order valence-corrected chi connectivity index (χ1v) is 6.02. The monoisotopic (exact) mass is 285 g/mol. The van der Waals surface area contributed by atoms with E-state index in [0.29, 0.717) is 11.2 Å². The maximum absolute atomic E-state index is 14.1. The van der Waals surface area contributed by atoms with E-state index in [-0.39, 0.29) is 12.2 Å². The zero-order valence-corrected chi connectivity index (χ0v) is 10.4. The fourth-order valence-corrected chi connectivity index (χ4v) is 2.35. The summed E-state index contributed by atoms with van der Waals surface area (Å²) in [4.78, 5) is 11.8. The lowest BCUT2D eigenvalue weighted by molar-refractivity contribution is -0.112. The molecule has 20 heavy (non-hydrogen) atoms. The standard InChI is InChI=1S/C11H13F2N5O2/c12-2-11(3-19)1-6(13)10(20-11)18-5-17-7-8(14)15-4-16-9(7)18/h4-6,10,19H,1-3H2,(H2,14,15,16)/t6-,10-,11-/m1/s1. The Bertz CT molecular complexity index is 630. The summed E-state index contributed by atoms with van der Waals surface area (Å²) in [5.41, 5.74) is 4.76. The summed E-state index contributed by atoms with van der Waals surface area (Å²) in [6, 6.07) is 0. The van der Waals surface area contributed by atoms with Gasteiger partial charge in [0.15, 0.2) is 17.7 Å². The number of nitrogen functional groups attached to an aromatic ring is 1. The lowest BCUT2D eigenvalue weighted by atomic mass is 10.0. The number of ether oxygens (including phenoxy) is 1. The number of rotatable bonds is 3. The highest BCUT2D eigenvalue weighted by atomic mass is 19.1. The molecule has 0 radical (unpaired) electrons. The zero-order chi connectivity index (χ0) is 14.3. The predicted molar refractivity (Wildman–Crippen MR) is 65.2 cm³/mol. The minimum atomic E-state index is -1.51. The van der Waals surface area contributed by atoms with Crippen molar-refractivity contribution in [2.24, 2.45) is 0 Å². The van der Waals surface area contributed by atoms with E-state index >= 15 is 0 Å². The van der Waals surface area contributed by atoms with Crippen LogP contribution >= 0.6 is 0 Å². The van der Waals surface area contributed by atoms with Crippen molar-refractivity contribution in [3.05, 3.63) is 12.7 Å². The van der Waals surface area contributed by atoms with Gasteiger partial charge in [-0.05, 0) is 0 Å². The second kappa shape index (κ2) is 4.60. The van der Waals surface area contributed by atoms with Gasteiger partial charge in [0, 0.05) is 6.42 Å². The van der Waals surface area contributed by atoms with Gasteiger partial charge in [0.25, 0.3) is 0 Å². The maximum atomic E-state index is 14.1. The molecule has 9 heteroatoms. The first-order valence-electron chi connectivity index (χ1n) is 6.02. The summed E-state index contributed by atoms with van der Waals surface area (Å²) in [6.45, 7) is -1.56. The highest BCUT2D eigenvalue weighted by Gasteiger charge is 2.48. The number of aliphatic hydroxyl groups excluding tert-OH is 1. The van der Waals surface area contributed by atoms with Crippen molar-refractivity contribution in [1.29, 1.82) is 0 Å². The van der Waals surface area contributed by atoms with Crippen molar-refractivity contribution in [2.45, 2.75) is 24.4 Å². The molecule has 2 aromatic heterocycles. The van der Waals surface area contributed by atoms with Crippen molar-refractivity contribution in [3.8, 4) is 0 Å². The SMILES string of the molecule is Nc1ncnc2c1ncn2[C@@H]1O[C@@](CO)(CF)C[C@H]1F.